The average Bonchev–Trinajstić information content (AvgIpc) is 2.88. The van der Waals surface area contributed by atoms with Crippen LogP contribution in [-0.4, -0.2) is 55.3 Å². The molecular weight excluding hydrogens is 482 g/mol. The van der Waals surface area contributed by atoms with Gasteiger partial charge in [0.2, 0.25) is 0 Å². The van der Waals surface area contributed by atoms with Crippen LogP contribution in [0.1, 0.15) is 63.0 Å². The molecule has 1 aliphatic rings. The number of ether oxygens (including phenoxy) is 1. The number of Topliss-reactive ketones (excluding diaryl/α,β-unsaturated/α-hetero) is 1. The number of aliphatic hydroxyl groups excluding tert-OH is 1. The Balaban J connectivity index is 1.95. The van der Waals surface area contributed by atoms with Gasteiger partial charge in [0.1, 0.15) is 5.78 Å². The standard InChI is InChI=1S/C30H45N3O5/c1-21(19-32-2)14-22(7-5-13-34)6-4-8-26(35)18-27(36)11-10-24-17-29(38-3)28(37)16-25(24)15-23-9-12-30(31)33-20-23/h9-12,16-17,20-22,30,32-34,37H,4-8,13-15,18-19,31H2,1-3H3/b11-10+/t21-,22+,30?/m1/s1. The van der Waals surface area contributed by atoms with Gasteiger partial charge in [-0.25, -0.2) is 0 Å². The number of carbonyl (C=O) groups excluding carboxylic acids is 2. The second-order valence-electron chi connectivity index (χ2n) is 10.2. The molecule has 38 heavy (non-hydrogen) atoms. The van der Waals surface area contributed by atoms with Gasteiger partial charge in [0.05, 0.1) is 19.7 Å². The van der Waals surface area contributed by atoms with Crippen molar-refractivity contribution in [1.82, 2.24) is 10.6 Å². The lowest BCUT2D eigenvalue weighted by Gasteiger charge is -2.20. The Hall–Kier alpha value is -2.94. The number of benzene rings is 1. The van der Waals surface area contributed by atoms with Crippen molar-refractivity contribution in [3.05, 3.63) is 53.3 Å². The predicted molar refractivity (Wildman–Crippen MR) is 152 cm³/mol. The van der Waals surface area contributed by atoms with Crippen molar-refractivity contribution in [1.29, 1.82) is 0 Å². The topological polar surface area (TPSA) is 134 Å². The van der Waals surface area contributed by atoms with Gasteiger partial charge in [-0.15, -0.1) is 0 Å². The van der Waals surface area contributed by atoms with E-state index in [1.807, 2.05) is 25.4 Å². The number of allylic oxidation sites excluding steroid dienone is 3. The summed E-state index contributed by atoms with van der Waals surface area (Å²) in [7, 11) is 3.42. The van der Waals surface area contributed by atoms with Crippen LogP contribution in [0.4, 0.5) is 0 Å². The zero-order valence-corrected chi connectivity index (χ0v) is 23.0. The van der Waals surface area contributed by atoms with E-state index in [0.717, 1.165) is 55.3 Å². The summed E-state index contributed by atoms with van der Waals surface area (Å²) in [6, 6.07) is 3.31. The maximum absolute atomic E-state index is 12.6. The fourth-order valence-corrected chi connectivity index (χ4v) is 4.84. The fourth-order valence-electron chi connectivity index (χ4n) is 4.84. The number of phenolic OH excluding ortho intramolecular Hbond substituents is 1. The third-order valence-corrected chi connectivity index (χ3v) is 6.76. The van der Waals surface area contributed by atoms with Crippen LogP contribution in [-0.2, 0) is 16.0 Å². The number of dihydropyridines is 1. The van der Waals surface area contributed by atoms with Crippen LogP contribution in [0, 0.1) is 11.8 Å². The minimum absolute atomic E-state index is 0.0175. The van der Waals surface area contributed by atoms with Crippen LogP contribution in [0.2, 0.25) is 0 Å². The first-order chi connectivity index (χ1) is 18.2. The molecule has 0 bridgehead atoms. The maximum atomic E-state index is 12.6. The Morgan fingerprint density at radius 1 is 1.26 bits per heavy atom. The Kier molecular flexibility index (Phi) is 13.8. The summed E-state index contributed by atoms with van der Waals surface area (Å²) in [5, 5.41) is 25.7. The second kappa shape index (κ2) is 16.8. The van der Waals surface area contributed by atoms with Gasteiger partial charge in [-0.3, -0.25) is 9.59 Å². The molecule has 3 atom stereocenters. The molecule has 2 rings (SSSR count). The molecule has 1 heterocycles. The fraction of sp³-hybridized carbons (Fsp3) is 0.533. The number of ketones is 2. The van der Waals surface area contributed by atoms with Crippen LogP contribution >= 0.6 is 0 Å². The van der Waals surface area contributed by atoms with Crippen molar-refractivity contribution < 1.29 is 24.5 Å². The molecule has 1 unspecified atom stereocenters. The summed E-state index contributed by atoms with van der Waals surface area (Å²) in [6.07, 6.45) is 13.7. The van der Waals surface area contributed by atoms with Gasteiger partial charge in [-0.05, 0) is 98.5 Å². The van der Waals surface area contributed by atoms with E-state index in [4.69, 9.17) is 10.5 Å². The summed E-state index contributed by atoms with van der Waals surface area (Å²) in [5.74, 6) is 1.02. The molecule has 1 aliphatic heterocycles. The van der Waals surface area contributed by atoms with E-state index in [0.29, 0.717) is 30.4 Å². The summed E-state index contributed by atoms with van der Waals surface area (Å²) in [4.78, 5) is 25.1. The van der Waals surface area contributed by atoms with Crippen LogP contribution in [0.15, 0.2) is 42.1 Å². The lowest BCUT2D eigenvalue weighted by molar-refractivity contribution is -0.124. The summed E-state index contributed by atoms with van der Waals surface area (Å²) >= 11 is 0. The molecule has 8 heteroatoms. The first-order valence-corrected chi connectivity index (χ1v) is 13.5. The van der Waals surface area contributed by atoms with E-state index in [2.05, 4.69) is 17.6 Å². The van der Waals surface area contributed by atoms with Crippen LogP contribution in [0.3, 0.4) is 0 Å². The van der Waals surface area contributed by atoms with Crippen LogP contribution < -0.4 is 21.1 Å². The third kappa shape index (κ3) is 11.2. The Morgan fingerprint density at radius 3 is 2.68 bits per heavy atom. The molecule has 0 spiro atoms. The molecule has 0 aromatic heterocycles. The van der Waals surface area contributed by atoms with Gasteiger partial charge in [0.25, 0.3) is 0 Å². The molecule has 1 aromatic carbocycles. The number of hydrogen-bond donors (Lipinski definition) is 5. The lowest BCUT2D eigenvalue weighted by atomic mass is 9.87. The van der Waals surface area contributed by atoms with E-state index in [9.17, 15) is 19.8 Å². The Morgan fingerprint density at radius 2 is 2.03 bits per heavy atom. The lowest BCUT2D eigenvalue weighted by Crippen LogP contribution is -2.33. The number of nitrogens with one attached hydrogen (secondary N) is 2. The largest absolute Gasteiger partial charge is 0.504 e. The highest BCUT2D eigenvalue weighted by Gasteiger charge is 2.15. The number of aromatic hydroxyl groups is 1. The number of hydrogen-bond acceptors (Lipinski definition) is 8. The highest BCUT2D eigenvalue weighted by Crippen LogP contribution is 2.32. The molecule has 0 amide bonds. The number of rotatable bonds is 18. The molecule has 6 N–H and O–H groups in total. The Bertz CT molecular complexity index is 1000. The van der Waals surface area contributed by atoms with Gasteiger partial charge in [-0.2, -0.15) is 0 Å². The van der Waals surface area contributed by atoms with Crippen molar-refractivity contribution in [3.63, 3.8) is 0 Å². The third-order valence-electron chi connectivity index (χ3n) is 6.76. The summed E-state index contributed by atoms with van der Waals surface area (Å²) in [6.45, 7) is 3.34. The smallest absolute Gasteiger partial charge is 0.163 e. The minimum atomic E-state index is -0.253. The molecule has 0 saturated carbocycles. The van der Waals surface area contributed by atoms with E-state index in [1.165, 1.54) is 13.2 Å². The highest BCUT2D eigenvalue weighted by atomic mass is 16.5. The Labute approximate surface area is 227 Å². The van der Waals surface area contributed by atoms with E-state index in [1.54, 1.807) is 18.2 Å². The quantitative estimate of drug-likeness (QED) is 0.144. The number of methoxy groups -OCH3 is 1. The zero-order valence-electron chi connectivity index (χ0n) is 23.0. The van der Waals surface area contributed by atoms with Gasteiger partial charge in [-0.1, -0.05) is 25.5 Å². The number of phenols is 1. The maximum Gasteiger partial charge on any atom is 0.163 e. The highest BCUT2D eigenvalue weighted by molar-refractivity contribution is 6.06. The number of carbonyl (C=O) groups is 2. The van der Waals surface area contributed by atoms with Crippen LogP contribution in [0.25, 0.3) is 6.08 Å². The van der Waals surface area contributed by atoms with Crippen molar-refractivity contribution >= 4 is 17.6 Å². The van der Waals surface area contributed by atoms with Crippen molar-refractivity contribution in [3.8, 4) is 11.5 Å². The van der Waals surface area contributed by atoms with Crippen molar-refractivity contribution in [2.24, 2.45) is 17.6 Å². The predicted octanol–water partition coefficient (Wildman–Crippen LogP) is 3.62. The molecular formula is C30H45N3O5. The molecule has 0 fully saturated rings. The molecule has 210 valence electrons. The van der Waals surface area contributed by atoms with Gasteiger partial charge in [0.15, 0.2) is 17.3 Å². The van der Waals surface area contributed by atoms with Crippen molar-refractivity contribution in [2.45, 2.75) is 64.5 Å². The second-order valence-corrected chi connectivity index (χ2v) is 10.2. The van der Waals surface area contributed by atoms with Crippen LogP contribution in [0.5, 0.6) is 11.5 Å². The summed E-state index contributed by atoms with van der Waals surface area (Å²) < 4.78 is 5.24. The molecule has 0 radical (unpaired) electrons. The normalized spacial score (nSPS) is 16.7. The first-order valence-electron chi connectivity index (χ1n) is 13.5. The van der Waals surface area contributed by atoms with E-state index in [-0.39, 0.29) is 36.5 Å². The zero-order chi connectivity index (χ0) is 27.9. The van der Waals surface area contributed by atoms with Gasteiger partial charge >= 0.3 is 0 Å². The van der Waals surface area contributed by atoms with Gasteiger partial charge in [0, 0.05) is 19.2 Å². The average molecular weight is 528 g/mol. The molecule has 0 aliphatic carbocycles. The molecule has 8 nitrogen and oxygen atoms in total. The number of aliphatic hydroxyl groups is 1. The van der Waals surface area contributed by atoms with Gasteiger partial charge < -0.3 is 31.3 Å². The number of nitrogens with two attached hydrogens (primary N) is 1. The van der Waals surface area contributed by atoms with E-state index < -0.39 is 0 Å². The summed E-state index contributed by atoms with van der Waals surface area (Å²) in [5.41, 5.74) is 8.33. The first kappa shape index (κ1) is 31.3. The molecule has 1 aromatic rings. The van der Waals surface area contributed by atoms with E-state index >= 15 is 0 Å². The SMILES string of the molecule is CNC[C@H](C)C[C@H](CCCO)CCCC(=O)CC(=O)/C=C/c1cc(OC)c(O)cc1CC1=CNC(N)C=C1. The molecule has 0 saturated heterocycles. The monoisotopic (exact) mass is 527 g/mol. The minimum Gasteiger partial charge on any atom is -0.504 e. The van der Waals surface area contributed by atoms with Crippen molar-refractivity contribution in [2.75, 3.05) is 27.3 Å².